The molecule has 1 N–H and O–H groups in total. The summed E-state index contributed by atoms with van der Waals surface area (Å²) in [5.74, 6) is 0. The summed E-state index contributed by atoms with van der Waals surface area (Å²) < 4.78 is 2.05. The maximum Gasteiger partial charge on any atom is 0.257 e. The molecule has 2 rings (SSSR count). The SMILES string of the molecule is CCn1ccc2c(=O)[nH]ccc21. The summed E-state index contributed by atoms with van der Waals surface area (Å²) in [6.07, 6.45) is 3.61. The van der Waals surface area contributed by atoms with Crippen molar-refractivity contribution in [1.82, 2.24) is 9.55 Å². The van der Waals surface area contributed by atoms with Gasteiger partial charge in [-0.3, -0.25) is 4.79 Å². The van der Waals surface area contributed by atoms with Gasteiger partial charge in [-0.25, -0.2) is 0 Å². The van der Waals surface area contributed by atoms with Crippen molar-refractivity contribution in [1.29, 1.82) is 0 Å². The molecular formula is C9H10N2O. The number of rotatable bonds is 1. The molecule has 0 saturated heterocycles. The lowest BCUT2D eigenvalue weighted by atomic mass is 10.3. The average Bonchev–Trinajstić information content (AvgIpc) is 2.49. The second kappa shape index (κ2) is 2.52. The fourth-order valence-electron chi connectivity index (χ4n) is 1.41. The standard InChI is InChI=1S/C9H10N2O/c1-2-11-6-4-7-8(11)3-5-10-9(7)12/h3-6H,2H2,1H3,(H,10,12). The van der Waals surface area contributed by atoms with Crippen molar-refractivity contribution in [3.63, 3.8) is 0 Å². The highest BCUT2D eigenvalue weighted by Crippen LogP contribution is 2.09. The molecule has 0 unspecified atom stereocenters. The predicted octanol–water partition coefficient (Wildman–Crippen LogP) is 1.35. The van der Waals surface area contributed by atoms with E-state index < -0.39 is 0 Å². The number of pyridine rings is 1. The molecule has 0 aromatic carbocycles. The Kier molecular flexibility index (Phi) is 1.50. The van der Waals surface area contributed by atoms with E-state index in [0.717, 1.165) is 17.4 Å². The molecule has 2 heterocycles. The Morgan fingerprint density at radius 3 is 3.08 bits per heavy atom. The topological polar surface area (TPSA) is 37.8 Å². The highest BCUT2D eigenvalue weighted by Gasteiger charge is 2.00. The first kappa shape index (κ1) is 7.16. The zero-order valence-electron chi connectivity index (χ0n) is 6.87. The van der Waals surface area contributed by atoms with E-state index in [9.17, 15) is 4.79 Å². The Bertz CT molecular complexity index is 453. The van der Waals surface area contributed by atoms with Crippen molar-refractivity contribution >= 4 is 10.9 Å². The van der Waals surface area contributed by atoms with E-state index in [2.05, 4.69) is 11.9 Å². The Morgan fingerprint density at radius 2 is 2.33 bits per heavy atom. The van der Waals surface area contributed by atoms with Gasteiger partial charge in [0, 0.05) is 18.9 Å². The highest BCUT2D eigenvalue weighted by molar-refractivity contribution is 5.78. The predicted molar refractivity (Wildman–Crippen MR) is 48.2 cm³/mol. The number of nitrogens with one attached hydrogen (secondary N) is 1. The molecule has 3 nitrogen and oxygen atoms in total. The Labute approximate surface area is 69.6 Å². The first-order chi connectivity index (χ1) is 5.83. The van der Waals surface area contributed by atoms with Crippen molar-refractivity contribution in [2.75, 3.05) is 0 Å². The van der Waals surface area contributed by atoms with Gasteiger partial charge in [-0.2, -0.15) is 0 Å². The lowest BCUT2D eigenvalue weighted by Gasteiger charge is -1.97. The van der Waals surface area contributed by atoms with Crippen molar-refractivity contribution in [2.45, 2.75) is 13.5 Å². The maximum atomic E-state index is 11.2. The lowest BCUT2D eigenvalue weighted by molar-refractivity contribution is 0.797. The van der Waals surface area contributed by atoms with E-state index in [-0.39, 0.29) is 5.56 Å². The largest absolute Gasteiger partial charge is 0.348 e. The fourth-order valence-corrected chi connectivity index (χ4v) is 1.41. The Morgan fingerprint density at radius 1 is 1.50 bits per heavy atom. The van der Waals surface area contributed by atoms with Crippen molar-refractivity contribution in [3.05, 3.63) is 34.9 Å². The normalized spacial score (nSPS) is 10.8. The number of fused-ring (bicyclic) bond motifs is 1. The van der Waals surface area contributed by atoms with Gasteiger partial charge in [0.2, 0.25) is 0 Å². The van der Waals surface area contributed by atoms with Gasteiger partial charge < -0.3 is 9.55 Å². The summed E-state index contributed by atoms with van der Waals surface area (Å²) in [4.78, 5) is 13.9. The van der Waals surface area contributed by atoms with Crippen LogP contribution in [0.3, 0.4) is 0 Å². The summed E-state index contributed by atoms with van der Waals surface area (Å²) in [5, 5.41) is 0.763. The van der Waals surface area contributed by atoms with E-state index in [0.29, 0.717) is 0 Å². The van der Waals surface area contributed by atoms with Gasteiger partial charge in [0.15, 0.2) is 0 Å². The molecule has 62 valence electrons. The van der Waals surface area contributed by atoms with Crippen LogP contribution >= 0.6 is 0 Å². The van der Waals surface area contributed by atoms with Gasteiger partial charge in [0.05, 0.1) is 10.9 Å². The molecular weight excluding hydrogens is 152 g/mol. The third kappa shape index (κ3) is 0.863. The minimum absolute atomic E-state index is 0.0142. The van der Waals surface area contributed by atoms with Crippen LogP contribution in [-0.4, -0.2) is 9.55 Å². The third-order valence-corrected chi connectivity index (χ3v) is 2.05. The van der Waals surface area contributed by atoms with E-state index in [1.165, 1.54) is 0 Å². The molecule has 0 spiro atoms. The van der Waals surface area contributed by atoms with Crippen molar-refractivity contribution in [2.24, 2.45) is 0 Å². The lowest BCUT2D eigenvalue weighted by Crippen LogP contribution is -2.03. The van der Waals surface area contributed by atoms with Gasteiger partial charge in [0.25, 0.3) is 5.56 Å². The first-order valence-electron chi connectivity index (χ1n) is 3.99. The van der Waals surface area contributed by atoms with Crippen LogP contribution in [0.15, 0.2) is 29.3 Å². The second-order valence-electron chi connectivity index (χ2n) is 2.71. The summed E-state index contributed by atoms with van der Waals surface area (Å²) in [7, 11) is 0. The number of hydrogen-bond acceptors (Lipinski definition) is 1. The molecule has 0 aliphatic rings. The number of aromatic amines is 1. The molecule has 0 fully saturated rings. The van der Waals surface area contributed by atoms with Crippen LogP contribution in [0.4, 0.5) is 0 Å². The molecule has 0 aliphatic heterocycles. The minimum atomic E-state index is -0.0142. The monoisotopic (exact) mass is 162 g/mol. The number of hydrogen-bond donors (Lipinski definition) is 1. The van der Waals surface area contributed by atoms with E-state index in [1.807, 2.05) is 22.9 Å². The Hall–Kier alpha value is -1.51. The summed E-state index contributed by atoms with van der Waals surface area (Å²) in [5.41, 5.74) is 0.987. The van der Waals surface area contributed by atoms with Gasteiger partial charge in [-0.1, -0.05) is 0 Å². The van der Waals surface area contributed by atoms with E-state index >= 15 is 0 Å². The maximum absolute atomic E-state index is 11.2. The second-order valence-corrected chi connectivity index (χ2v) is 2.71. The molecule has 2 aromatic heterocycles. The van der Waals surface area contributed by atoms with Gasteiger partial charge >= 0.3 is 0 Å². The zero-order chi connectivity index (χ0) is 8.55. The van der Waals surface area contributed by atoms with Crippen LogP contribution in [0, 0.1) is 0 Å². The summed E-state index contributed by atoms with van der Waals surface area (Å²) >= 11 is 0. The number of H-pyrrole nitrogens is 1. The van der Waals surface area contributed by atoms with Gasteiger partial charge in [0.1, 0.15) is 0 Å². The molecule has 0 amide bonds. The van der Waals surface area contributed by atoms with Gasteiger partial charge in [-0.05, 0) is 19.1 Å². The van der Waals surface area contributed by atoms with Crippen LogP contribution in [-0.2, 0) is 6.54 Å². The first-order valence-corrected chi connectivity index (χ1v) is 3.99. The van der Waals surface area contributed by atoms with Crippen LogP contribution in [0.5, 0.6) is 0 Å². The van der Waals surface area contributed by atoms with Crippen molar-refractivity contribution < 1.29 is 0 Å². The zero-order valence-corrected chi connectivity index (χ0v) is 6.87. The highest BCUT2D eigenvalue weighted by atomic mass is 16.1. The quantitative estimate of drug-likeness (QED) is 0.675. The molecule has 2 aromatic rings. The number of nitrogens with zero attached hydrogens (tertiary/aromatic N) is 1. The van der Waals surface area contributed by atoms with Gasteiger partial charge in [-0.15, -0.1) is 0 Å². The minimum Gasteiger partial charge on any atom is -0.348 e. The molecule has 3 heteroatoms. The molecule has 0 aliphatic carbocycles. The molecule has 0 radical (unpaired) electrons. The number of aromatic nitrogens is 2. The molecule has 0 bridgehead atoms. The molecule has 0 saturated carbocycles. The Balaban J connectivity index is 2.89. The molecule has 0 atom stereocenters. The smallest absolute Gasteiger partial charge is 0.257 e. The van der Waals surface area contributed by atoms with E-state index in [4.69, 9.17) is 0 Å². The van der Waals surface area contributed by atoms with Crippen LogP contribution in [0.1, 0.15) is 6.92 Å². The fraction of sp³-hybridized carbons (Fsp3) is 0.222. The van der Waals surface area contributed by atoms with Crippen LogP contribution in [0.2, 0.25) is 0 Å². The molecule has 12 heavy (non-hydrogen) atoms. The van der Waals surface area contributed by atoms with Crippen LogP contribution < -0.4 is 5.56 Å². The average molecular weight is 162 g/mol. The third-order valence-electron chi connectivity index (χ3n) is 2.05. The van der Waals surface area contributed by atoms with Crippen LogP contribution in [0.25, 0.3) is 10.9 Å². The van der Waals surface area contributed by atoms with Crippen molar-refractivity contribution in [3.8, 4) is 0 Å². The van der Waals surface area contributed by atoms with E-state index in [1.54, 1.807) is 6.20 Å². The summed E-state index contributed by atoms with van der Waals surface area (Å²) in [6.45, 7) is 2.95. The number of aryl methyl sites for hydroxylation is 1. The summed E-state index contributed by atoms with van der Waals surface area (Å²) in [6, 6.07) is 3.76.